The molecule has 0 spiro atoms. The van der Waals surface area contributed by atoms with E-state index in [1.165, 1.54) is 4.40 Å². The molecule has 2 aromatic heterocycles. The second-order valence-corrected chi connectivity index (χ2v) is 7.71. The van der Waals surface area contributed by atoms with E-state index < -0.39 is 15.7 Å². The largest absolute Gasteiger partial charge is 0.321 e. The van der Waals surface area contributed by atoms with Crippen LogP contribution in [0.25, 0.3) is 5.52 Å². The standard InChI is InChI=1S/C16H14ClN3O3S/c1-10-6-7-11(9-12(10)17)18-15(21)14-13-5-3-4-8-20(13)16(19-14)24(2,22)23/h3-9H,1-2H3,(H,18,21). The van der Waals surface area contributed by atoms with E-state index in [0.29, 0.717) is 16.2 Å². The number of anilines is 1. The smallest absolute Gasteiger partial charge is 0.276 e. The molecule has 0 aliphatic rings. The van der Waals surface area contributed by atoms with Gasteiger partial charge in [0.2, 0.25) is 15.0 Å². The molecule has 2 heterocycles. The Kier molecular flexibility index (Phi) is 4.06. The highest BCUT2D eigenvalue weighted by Gasteiger charge is 2.22. The summed E-state index contributed by atoms with van der Waals surface area (Å²) in [4.78, 5) is 16.6. The molecule has 0 saturated heterocycles. The minimum Gasteiger partial charge on any atom is -0.321 e. The second kappa shape index (κ2) is 5.92. The lowest BCUT2D eigenvalue weighted by molar-refractivity contribution is 0.102. The van der Waals surface area contributed by atoms with E-state index in [1.807, 2.05) is 6.92 Å². The Morgan fingerprint density at radius 2 is 2.00 bits per heavy atom. The van der Waals surface area contributed by atoms with Gasteiger partial charge < -0.3 is 5.32 Å². The Labute approximate surface area is 144 Å². The highest BCUT2D eigenvalue weighted by Crippen LogP contribution is 2.22. The van der Waals surface area contributed by atoms with Crippen molar-refractivity contribution in [2.24, 2.45) is 0 Å². The zero-order chi connectivity index (χ0) is 17.5. The Morgan fingerprint density at radius 1 is 1.25 bits per heavy atom. The average molecular weight is 364 g/mol. The van der Waals surface area contributed by atoms with Crippen LogP contribution in [-0.4, -0.2) is 30.0 Å². The van der Waals surface area contributed by atoms with Crippen molar-refractivity contribution in [3.05, 3.63) is 58.9 Å². The Balaban J connectivity index is 2.05. The molecule has 0 aliphatic heterocycles. The quantitative estimate of drug-likeness (QED) is 0.775. The van der Waals surface area contributed by atoms with Crippen LogP contribution < -0.4 is 5.32 Å². The Hall–Kier alpha value is -2.38. The molecule has 0 atom stereocenters. The fourth-order valence-electron chi connectivity index (χ4n) is 2.30. The summed E-state index contributed by atoms with van der Waals surface area (Å²) in [6.45, 7) is 1.86. The number of hydrogen-bond donors (Lipinski definition) is 1. The van der Waals surface area contributed by atoms with Gasteiger partial charge in [-0.3, -0.25) is 9.20 Å². The molecule has 6 nitrogen and oxygen atoms in total. The molecule has 0 saturated carbocycles. The lowest BCUT2D eigenvalue weighted by Gasteiger charge is -2.05. The maximum Gasteiger partial charge on any atom is 0.276 e. The molecule has 124 valence electrons. The van der Waals surface area contributed by atoms with Crippen LogP contribution in [0.1, 0.15) is 16.1 Å². The number of nitrogens with one attached hydrogen (secondary N) is 1. The minimum absolute atomic E-state index is 0.0349. The van der Waals surface area contributed by atoms with Gasteiger partial charge in [0.15, 0.2) is 5.69 Å². The van der Waals surface area contributed by atoms with Crippen molar-refractivity contribution in [2.75, 3.05) is 11.6 Å². The number of nitrogens with zero attached hydrogens (tertiary/aromatic N) is 2. The van der Waals surface area contributed by atoms with Gasteiger partial charge in [0, 0.05) is 23.2 Å². The molecule has 24 heavy (non-hydrogen) atoms. The maximum atomic E-state index is 12.5. The number of halogens is 1. The summed E-state index contributed by atoms with van der Waals surface area (Å²) in [7, 11) is -3.58. The van der Waals surface area contributed by atoms with Crippen LogP contribution in [0.4, 0.5) is 5.69 Å². The number of imidazole rings is 1. The third kappa shape index (κ3) is 3.00. The first kappa shape index (κ1) is 16.5. The van der Waals surface area contributed by atoms with Crippen molar-refractivity contribution in [3.63, 3.8) is 0 Å². The lowest BCUT2D eigenvalue weighted by atomic mass is 10.2. The third-order valence-electron chi connectivity index (χ3n) is 3.49. The van der Waals surface area contributed by atoms with E-state index in [0.717, 1.165) is 11.8 Å². The molecule has 1 aromatic carbocycles. The molecule has 0 aliphatic carbocycles. The Bertz CT molecular complexity index is 1060. The minimum atomic E-state index is -3.58. The van der Waals surface area contributed by atoms with Crippen LogP contribution in [0.2, 0.25) is 5.02 Å². The predicted molar refractivity (Wildman–Crippen MR) is 92.4 cm³/mol. The van der Waals surface area contributed by atoms with Gasteiger partial charge in [-0.05, 0) is 36.8 Å². The number of amides is 1. The van der Waals surface area contributed by atoms with E-state index >= 15 is 0 Å². The molecule has 1 amide bonds. The second-order valence-electron chi connectivity index (χ2n) is 5.39. The monoisotopic (exact) mass is 363 g/mol. The average Bonchev–Trinajstić information content (AvgIpc) is 2.91. The van der Waals surface area contributed by atoms with E-state index in [1.54, 1.807) is 42.6 Å². The van der Waals surface area contributed by atoms with Crippen LogP contribution in [0.5, 0.6) is 0 Å². The summed E-state index contributed by atoms with van der Waals surface area (Å²) in [5.41, 5.74) is 1.84. The van der Waals surface area contributed by atoms with Gasteiger partial charge >= 0.3 is 0 Å². The third-order valence-corrected chi connectivity index (χ3v) is 4.85. The van der Waals surface area contributed by atoms with Crippen LogP contribution in [0.15, 0.2) is 47.8 Å². The first-order chi connectivity index (χ1) is 11.3. The molecule has 0 fully saturated rings. The van der Waals surface area contributed by atoms with Gasteiger partial charge in [-0.1, -0.05) is 23.7 Å². The molecule has 0 radical (unpaired) electrons. The summed E-state index contributed by atoms with van der Waals surface area (Å²) in [5.74, 6) is -0.506. The van der Waals surface area contributed by atoms with Crippen LogP contribution >= 0.6 is 11.6 Å². The zero-order valence-electron chi connectivity index (χ0n) is 12.9. The first-order valence-corrected chi connectivity index (χ1v) is 9.29. The SMILES string of the molecule is Cc1ccc(NC(=O)c2nc(S(C)(=O)=O)n3ccccc23)cc1Cl. The number of benzene rings is 1. The first-order valence-electron chi connectivity index (χ1n) is 7.02. The number of aromatic nitrogens is 2. The van der Waals surface area contributed by atoms with E-state index in [2.05, 4.69) is 10.3 Å². The fraction of sp³-hybridized carbons (Fsp3) is 0.125. The van der Waals surface area contributed by atoms with Gasteiger partial charge in [0.25, 0.3) is 5.91 Å². The van der Waals surface area contributed by atoms with Gasteiger partial charge in [-0.25, -0.2) is 13.4 Å². The molecule has 1 N–H and O–H groups in total. The summed E-state index contributed by atoms with van der Waals surface area (Å²) in [5, 5.41) is 3.04. The molecular weight excluding hydrogens is 350 g/mol. The number of sulfone groups is 1. The van der Waals surface area contributed by atoms with Crippen molar-refractivity contribution in [3.8, 4) is 0 Å². The fourth-order valence-corrected chi connectivity index (χ4v) is 3.25. The van der Waals surface area contributed by atoms with Gasteiger partial charge in [0.1, 0.15) is 0 Å². The van der Waals surface area contributed by atoms with E-state index in [4.69, 9.17) is 11.6 Å². The van der Waals surface area contributed by atoms with Crippen LogP contribution in [-0.2, 0) is 9.84 Å². The normalized spacial score (nSPS) is 11.6. The number of hydrogen-bond acceptors (Lipinski definition) is 4. The summed E-state index contributed by atoms with van der Waals surface area (Å²) >= 11 is 6.05. The van der Waals surface area contributed by atoms with Crippen LogP contribution in [0, 0.1) is 6.92 Å². The molecule has 8 heteroatoms. The summed E-state index contributed by atoms with van der Waals surface area (Å²) in [6.07, 6.45) is 2.61. The maximum absolute atomic E-state index is 12.5. The number of rotatable bonds is 3. The Morgan fingerprint density at radius 3 is 2.67 bits per heavy atom. The predicted octanol–water partition coefficient (Wildman–Crippen LogP) is 2.95. The van der Waals surface area contributed by atoms with Gasteiger partial charge in [0.05, 0.1) is 5.52 Å². The molecule has 3 aromatic rings. The number of carbonyl (C=O) groups is 1. The van der Waals surface area contributed by atoms with Crippen molar-refractivity contribution < 1.29 is 13.2 Å². The van der Waals surface area contributed by atoms with Crippen molar-refractivity contribution in [2.45, 2.75) is 12.1 Å². The van der Waals surface area contributed by atoms with Crippen molar-refractivity contribution in [1.82, 2.24) is 9.38 Å². The van der Waals surface area contributed by atoms with E-state index in [9.17, 15) is 13.2 Å². The van der Waals surface area contributed by atoms with Crippen LogP contribution in [0.3, 0.4) is 0 Å². The number of fused-ring (bicyclic) bond motifs is 1. The van der Waals surface area contributed by atoms with Crippen molar-refractivity contribution in [1.29, 1.82) is 0 Å². The highest BCUT2D eigenvalue weighted by molar-refractivity contribution is 7.90. The van der Waals surface area contributed by atoms with Crippen molar-refractivity contribution >= 4 is 38.5 Å². The molecular formula is C16H14ClN3O3S. The summed E-state index contributed by atoms with van der Waals surface area (Å²) < 4.78 is 25.2. The molecule has 3 rings (SSSR count). The summed E-state index contributed by atoms with van der Waals surface area (Å²) in [6, 6.07) is 10.1. The number of pyridine rings is 1. The highest BCUT2D eigenvalue weighted by atomic mass is 35.5. The molecule has 0 unspecified atom stereocenters. The lowest BCUT2D eigenvalue weighted by Crippen LogP contribution is -2.13. The number of carbonyl (C=O) groups excluding carboxylic acids is 1. The van der Waals surface area contributed by atoms with Gasteiger partial charge in [-0.2, -0.15) is 0 Å². The zero-order valence-corrected chi connectivity index (χ0v) is 14.5. The van der Waals surface area contributed by atoms with Gasteiger partial charge in [-0.15, -0.1) is 0 Å². The topological polar surface area (TPSA) is 80.5 Å². The number of aryl methyl sites for hydroxylation is 1. The molecule has 0 bridgehead atoms. The van der Waals surface area contributed by atoms with E-state index in [-0.39, 0.29) is 10.9 Å².